The Hall–Kier alpha value is -1.99. The molecule has 3 rings (SSSR count). The van der Waals surface area contributed by atoms with Crippen LogP contribution in [0.2, 0.25) is 0 Å². The molecule has 0 spiro atoms. The summed E-state index contributed by atoms with van der Waals surface area (Å²) in [4.78, 5) is 16.1. The molecule has 0 saturated carbocycles. The quantitative estimate of drug-likeness (QED) is 0.802. The van der Waals surface area contributed by atoms with E-state index in [9.17, 15) is 13.2 Å². The van der Waals surface area contributed by atoms with E-state index in [2.05, 4.69) is 4.98 Å². The van der Waals surface area contributed by atoms with E-state index in [1.54, 1.807) is 18.3 Å². The van der Waals surface area contributed by atoms with Crippen LogP contribution in [-0.2, 0) is 19.6 Å². The van der Waals surface area contributed by atoms with Crippen molar-refractivity contribution in [1.82, 2.24) is 9.29 Å². The summed E-state index contributed by atoms with van der Waals surface area (Å²) in [5.41, 5.74) is 0.417. The number of sulfonamides is 1. The van der Waals surface area contributed by atoms with E-state index in [0.717, 1.165) is 5.39 Å². The van der Waals surface area contributed by atoms with Gasteiger partial charge in [0.25, 0.3) is 0 Å². The number of carbonyl (C=O) groups is 1. The van der Waals surface area contributed by atoms with E-state index in [1.165, 1.54) is 17.5 Å². The van der Waals surface area contributed by atoms with Crippen LogP contribution in [0.3, 0.4) is 0 Å². The van der Waals surface area contributed by atoms with E-state index in [0.29, 0.717) is 24.9 Å². The Morgan fingerprint density at radius 1 is 1.32 bits per heavy atom. The van der Waals surface area contributed by atoms with Crippen molar-refractivity contribution in [3.05, 3.63) is 36.5 Å². The van der Waals surface area contributed by atoms with Crippen LogP contribution in [0.4, 0.5) is 0 Å². The number of aromatic nitrogens is 1. The summed E-state index contributed by atoms with van der Waals surface area (Å²) in [5, 5.41) is 0.748. The highest BCUT2D eigenvalue weighted by Crippen LogP contribution is 2.30. The minimum absolute atomic E-state index is 0.126. The molecular weight excluding hydrogens is 304 g/mol. The highest BCUT2D eigenvalue weighted by molar-refractivity contribution is 7.89. The van der Waals surface area contributed by atoms with Crippen molar-refractivity contribution in [1.29, 1.82) is 0 Å². The molecule has 0 unspecified atom stereocenters. The van der Waals surface area contributed by atoms with E-state index < -0.39 is 22.0 Å². The van der Waals surface area contributed by atoms with Gasteiger partial charge in [-0.15, -0.1) is 0 Å². The standard InChI is InChI=1S/C15H16N2O4S/c1-21-15(18)12-7-4-10-17(12)22(19,20)13-8-2-5-11-6-3-9-16-14(11)13/h2-3,5-6,8-9,12H,4,7,10H2,1H3/t12-/m0/s1. The molecule has 0 bridgehead atoms. The van der Waals surface area contributed by atoms with Crippen molar-refractivity contribution >= 4 is 26.9 Å². The Morgan fingerprint density at radius 2 is 2.09 bits per heavy atom. The Bertz CT molecular complexity index is 814. The highest BCUT2D eigenvalue weighted by atomic mass is 32.2. The molecule has 1 aliphatic heterocycles. The molecule has 2 aromatic rings. The molecule has 1 fully saturated rings. The third kappa shape index (κ3) is 2.36. The second-order valence-electron chi connectivity index (χ2n) is 5.13. The maximum absolute atomic E-state index is 13.0. The SMILES string of the molecule is COC(=O)[C@@H]1CCCN1S(=O)(=O)c1cccc2cccnc12. The molecule has 116 valence electrons. The van der Waals surface area contributed by atoms with Crippen molar-refractivity contribution in [2.45, 2.75) is 23.8 Å². The van der Waals surface area contributed by atoms with Crippen LogP contribution in [0.1, 0.15) is 12.8 Å². The van der Waals surface area contributed by atoms with Gasteiger partial charge in [0.15, 0.2) is 0 Å². The Balaban J connectivity index is 2.11. The van der Waals surface area contributed by atoms with Crippen molar-refractivity contribution in [2.75, 3.05) is 13.7 Å². The average molecular weight is 320 g/mol. The molecular formula is C15H16N2O4S. The first-order chi connectivity index (χ1) is 10.6. The molecule has 7 heteroatoms. The smallest absolute Gasteiger partial charge is 0.324 e. The minimum atomic E-state index is -3.80. The zero-order valence-electron chi connectivity index (χ0n) is 12.1. The first-order valence-electron chi connectivity index (χ1n) is 6.99. The summed E-state index contributed by atoms with van der Waals surface area (Å²) in [6, 6.07) is 7.82. The molecule has 0 N–H and O–H groups in total. The lowest BCUT2D eigenvalue weighted by molar-refractivity contribution is -0.144. The Morgan fingerprint density at radius 3 is 2.86 bits per heavy atom. The Kier molecular flexibility index (Phi) is 3.84. The predicted octanol–water partition coefficient (Wildman–Crippen LogP) is 1.56. The highest BCUT2D eigenvalue weighted by Gasteiger charge is 2.40. The van der Waals surface area contributed by atoms with Gasteiger partial charge in [0, 0.05) is 18.1 Å². The number of benzene rings is 1. The fraction of sp³-hybridized carbons (Fsp3) is 0.333. The fourth-order valence-electron chi connectivity index (χ4n) is 2.81. The largest absolute Gasteiger partial charge is 0.468 e. The number of para-hydroxylation sites is 1. The lowest BCUT2D eigenvalue weighted by atomic mass is 10.2. The number of methoxy groups -OCH3 is 1. The van der Waals surface area contributed by atoms with Crippen molar-refractivity contribution < 1.29 is 17.9 Å². The molecule has 1 atom stereocenters. The van der Waals surface area contributed by atoms with E-state index in [4.69, 9.17) is 4.74 Å². The predicted molar refractivity (Wildman–Crippen MR) is 80.7 cm³/mol. The van der Waals surface area contributed by atoms with Gasteiger partial charge in [0.1, 0.15) is 10.9 Å². The van der Waals surface area contributed by atoms with Crippen LogP contribution in [0.5, 0.6) is 0 Å². The number of rotatable bonds is 3. The van der Waals surface area contributed by atoms with Gasteiger partial charge in [-0.1, -0.05) is 18.2 Å². The summed E-state index contributed by atoms with van der Waals surface area (Å²) in [5.74, 6) is -0.519. The van der Waals surface area contributed by atoms with Crippen LogP contribution < -0.4 is 0 Å². The van der Waals surface area contributed by atoms with Crippen molar-refractivity contribution in [3.63, 3.8) is 0 Å². The zero-order chi connectivity index (χ0) is 15.7. The van der Waals surface area contributed by atoms with Crippen LogP contribution in [-0.4, -0.2) is 43.4 Å². The minimum Gasteiger partial charge on any atom is -0.468 e. The summed E-state index contributed by atoms with van der Waals surface area (Å²) in [6.45, 7) is 0.311. The first-order valence-corrected chi connectivity index (χ1v) is 8.43. The van der Waals surface area contributed by atoms with Gasteiger partial charge in [0.05, 0.1) is 12.6 Å². The van der Waals surface area contributed by atoms with Crippen LogP contribution in [0.25, 0.3) is 10.9 Å². The lowest BCUT2D eigenvalue weighted by Crippen LogP contribution is -2.41. The number of carbonyl (C=O) groups excluding carboxylic acids is 1. The molecule has 1 saturated heterocycles. The number of hydrogen-bond acceptors (Lipinski definition) is 5. The molecule has 1 aromatic heterocycles. The van der Waals surface area contributed by atoms with Gasteiger partial charge in [-0.2, -0.15) is 4.31 Å². The average Bonchev–Trinajstić information content (AvgIpc) is 3.04. The topological polar surface area (TPSA) is 76.6 Å². The molecule has 1 aromatic carbocycles. The number of ether oxygens (including phenoxy) is 1. The second-order valence-corrected chi connectivity index (χ2v) is 6.99. The summed E-state index contributed by atoms with van der Waals surface area (Å²) >= 11 is 0. The van der Waals surface area contributed by atoms with Gasteiger partial charge in [0.2, 0.25) is 10.0 Å². The van der Waals surface area contributed by atoms with Crippen molar-refractivity contribution in [2.24, 2.45) is 0 Å². The molecule has 0 amide bonds. The third-order valence-electron chi connectivity index (χ3n) is 3.86. The van der Waals surface area contributed by atoms with Crippen LogP contribution in [0, 0.1) is 0 Å². The summed E-state index contributed by atoms with van der Waals surface area (Å²) < 4.78 is 31.9. The fourth-order valence-corrected chi connectivity index (χ4v) is 4.62. The van der Waals surface area contributed by atoms with E-state index >= 15 is 0 Å². The first kappa shape index (κ1) is 14.9. The Labute approximate surface area is 128 Å². The summed E-state index contributed by atoms with van der Waals surface area (Å²) in [6.07, 6.45) is 2.67. The van der Waals surface area contributed by atoms with Gasteiger partial charge < -0.3 is 4.74 Å². The normalized spacial score (nSPS) is 19.4. The monoisotopic (exact) mass is 320 g/mol. The van der Waals surface area contributed by atoms with E-state index in [-0.39, 0.29) is 4.90 Å². The van der Waals surface area contributed by atoms with E-state index in [1.807, 2.05) is 12.1 Å². The maximum atomic E-state index is 13.0. The number of esters is 1. The van der Waals surface area contributed by atoms with Gasteiger partial charge >= 0.3 is 5.97 Å². The summed E-state index contributed by atoms with van der Waals surface area (Å²) in [7, 11) is -2.53. The second kappa shape index (κ2) is 5.66. The van der Waals surface area contributed by atoms with Gasteiger partial charge in [-0.25, -0.2) is 8.42 Å². The number of hydrogen-bond donors (Lipinski definition) is 0. The molecule has 6 nitrogen and oxygen atoms in total. The van der Waals surface area contributed by atoms with Gasteiger partial charge in [-0.05, 0) is 25.0 Å². The molecule has 2 heterocycles. The molecule has 0 aliphatic carbocycles. The number of pyridine rings is 1. The number of fused-ring (bicyclic) bond motifs is 1. The number of nitrogens with zero attached hydrogens (tertiary/aromatic N) is 2. The molecule has 0 radical (unpaired) electrons. The molecule has 1 aliphatic rings. The van der Waals surface area contributed by atoms with Crippen molar-refractivity contribution in [3.8, 4) is 0 Å². The van der Waals surface area contributed by atoms with Crippen LogP contribution >= 0.6 is 0 Å². The zero-order valence-corrected chi connectivity index (χ0v) is 12.9. The maximum Gasteiger partial charge on any atom is 0.324 e. The molecule has 22 heavy (non-hydrogen) atoms. The van der Waals surface area contributed by atoms with Crippen LogP contribution in [0.15, 0.2) is 41.4 Å². The third-order valence-corrected chi connectivity index (χ3v) is 5.80. The van der Waals surface area contributed by atoms with Gasteiger partial charge in [-0.3, -0.25) is 9.78 Å². The lowest BCUT2D eigenvalue weighted by Gasteiger charge is -2.22.